The van der Waals surface area contributed by atoms with Gasteiger partial charge in [0.2, 0.25) is 0 Å². The lowest BCUT2D eigenvalue weighted by atomic mass is 10.0. The number of carbonyl (C=O) groups is 1. The SMILES string of the molecule is CC(C)Oc1ccc(C(=O)Cc2c(F)cccc2F)cc1. The Balaban J connectivity index is 2.13. The summed E-state index contributed by atoms with van der Waals surface area (Å²) in [6.07, 6.45) is -0.262. The van der Waals surface area contributed by atoms with Crippen molar-refractivity contribution in [2.75, 3.05) is 0 Å². The van der Waals surface area contributed by atoms with Gasteiger partial charge < -0.3 is 4.74 Å². The number of hydrogen-bond acceptors (Lipinski definition) is 2. The third-order valence-electron chi connectivity index (χ3n) is 2.95. The predicted octanol–water partition coefficient (Wildman–Crippen LogP) is 4.18. The second kappa shape index (κ2) is 6.48. The van der Waals surface area contributed by atoms with Crippen LogP contribution >= 0.6 is 0 Å². The molecule has 2 rings (SSSR count). The first-order chi connectivity index (χ1) is 9.97. The molecular weight excluding hydrogens is 274 g/mol. The standard InChI is InChI=1S/C17H16F2O2/c1-11(2)21-13-8-6-12(7-9-13)17(20)10-14-15(18)4-3-5-16(14)19/h3-9,11H,10H2,1-2H3. The topological polar surface area (TPSA) is 26.3 Å². The second-order valence-electron chi connectivity index (χ2n) is 4.99. The van der Waals surface area contributed by atoms with E-state index < -0.39 is 11.6 Å². The zero-order valence-corrected chi connectivity index (χ0v) is 11.9. The Bertz CT molecular complexity index is 613. The molecule has 0 unspecified atom stereocenters. The molecule has 0 bridgehead atoms. The van der Waals surface area contributed by atoms with Crippen molar-refractivity contribution in [3.8, 4) is 5.75 Å². The first kappa shape index (κ1) is 15.2. The van der Waals surface area contributed by atoms with Crippen LogP contribution in [0.5, 0.6) is 5.75 Å². The lowest BCUT2D eigenvalue weighted by Gasteiger charge is -2.10. The molecule has 0 aliphatic rings. The van der Waals surface area contributed by atoms with E-state index in [2.05, 4.69) is 0 Å². The van der Waals surface area contributed by atoms with Crippen molar-refractivity contribution in [3.63, 3.8) is 0 Å². The smallest absolute Gasteiger partial charge is 0.167 e. The number of benzene rings is 2. The number of halogens is 2. The second-order valence-corrected chi connectivity index (χ2v) is 4.99. The van der Waals surface area contributed by atoms with Crippen LogP contribution in [0.4, 0.5) is 8.78 Å². The summed E-state index contributed by atoms with van der Waals surface area (Å²) in [4.78, 5) is 12.1. The minimum atomic E-state index is -0.705. The van der Waals surface area contributed by atoms with E-state index in [4.69, 9.17) is 4.74 Å². The molecule has 4 heteroatoms. The maximum absolute atomic E-state index is 13.5. The summed E-state index contributed by atoms with van der Waals surface area (Å²) in [6.45, 7) is 3.81. The van der Waals surface area contributed by atoms with E-state index in [1.54, 1.807) is 24.3 Å². The Morgan fingerprint density at radius 1 is 1.05 bits per heavy atom. The van der Waals surface area contributed by atoms with Gasteiger partial charge in [0, 0.05) is 17.5 Å². The summed E-state index contributed by atoms with van der Waals surface area (Å²) in [6, 6.07) is 10.1. The highest BCUT2D eigenvalue weighted by Crippen LogP contribution is 2.18. The van der Waals surface area contributed by atoms with Gasteiger partial charge in [-0.15, -0.1) is 0 Å². The van der Waals surface area contributed by atoms with Crippen molar-refractivity contribution in [1.82, 2.24) is 0 Å². The van der Waals surface area contributed by atoms with Crippen molar-refractivity contribution in [2.45, 2.75) is 26.4 Å². The average molecular weight is 290 g/mol. The first-order valence-corrected chi connectivity index (χ1v) is 6.70. The van der Waals surface area contributed by atoms with Gasteiger partial charge in [0.05, 0.1) is 6.10 Å². The zero-order chi connectivity index (χ0) is 15.4. The number of ketones is 1. The van der Waals surface area contributed by atoms with E-state index in [0.29, 0.717) is 11.3 Å². The van der Waals surface area contributed by atoms with Crippen molar-refractivity contribution < 1.29 is 18.3 Å². The fraction of sp³-hybridized carbons (Fsp3) is 0.235. The van der Waals surface area contributed by atoms with Gasteiger partial charge in [0.25, 0.3) is 0 Å². The molecule has 0 saturated heterocycles. The maximum Gasteiger partial charge on any atom is 0.167 e. The molecule has 0 saturated carbocycles. The Hall–Kier alpha value is -2.23. The fourth-order valence-electron chi connectivity index (χ4n) is 1.96. The third-order valence-corrected chi connectivity index (χ3v) is 2.95. The molecule has 21 heavy (non-hydrogen) atoms. The third kappa shape index (κ3) is 3.88. The molecule has 110 valence electrons. The van der Waals surface area contributed by atoms with Crippen LogP contribution in [0.2, 0.25) is 0 Å². The van der Waals surface area contributed by atoms with E-state index in [1.165, 1.54) is 6.07 Å². The number of rotatable bonds is 5. The lowest BCUT2D eigenvalue weighted by Crippen LogP contribution is -2.08. The van der Waals surface area contributed by atoms with E-state index in [0.717, 1.165) is 12.1 Å². The van der Waals surface area contributed by atoms with Crippen molar-refractivity contribution in [2.24, 2.45) is 0 Å². The average Bonchev–Trinajstić information content (AvgIpc) is 2.43. The lowest BCUT2D eigenvalue weighted by molar-refractivity contribution is 0.0990. The van der Waals surface area contributed by atoms with Crippen LogP contribution in [0.15, 0.2) is 42.5 Å². The molecule has 0 radical (unpaired) electrons. The molecular formula is C17H16F2O2. The predicted molar refractivity (Wildman–Crippen MR) is 76.6 cm³/mol. The monoisotopic (exact) mass is 290 g/mol. The van der Waals surface area contributed by atoms with Gasteiger partial charge in [-0.1, -0.05) is 6.07 Å². The molecule has 0 N–H and O–H groups in total. The van der Waals surface area contributed by atoms with Gasteiger partial charge in [-0.3, -0.25) is 4.79 Å². The minimum Gasteiger partial charge on any atom is -0.491 e. The maximum atomic E-state index is 13.5. The summed E-state index contributed by atoms with van der Waals surface area (Å²) in [7, 11) is 0. The van der Waals surface area contributed by atoms with E-state index in [-0.39, 0.29) is 23.9 Å². The molecule has 0 heterocycles. The van der Waals surface area contributed by atoms with Crippen LogP contribution < -0.4 is 4.74 Å². The summed E-state index contributed by atoms with van der Waals surface area (Å²) in [5.41, 5.74) is 0.193. The summed E-state index contributed by atoms with van der Waals surface area (Å²) in [5, 5.41) is 0. The quantitative estimate of drug-likeness (QED) is 0.772. The molecule has 0 fully saturated rings. The van der Waals surface area contributed by atoms with E-state index in [9.17, 15) is 13.6 Å². The zero-order valence-electron chi connectivity index (χ0n) is 11.9. The highest BCUT2D eigenvalue weighted by Gasteiger charge is 2.14. The van der Waals surface area contributed by atoms with Crippen LogP contribution in [0, 0.1) is 11.6 Å². The number of carbonyl (C=O) groups excluding carboxylic acids is 1. The van der Waals surface area contributed by atoms with Gasteiger partial charge in [-0.25, -0.2) is 8.78 Å². The Labute approximate surface area is 122 Å². The van der Waals surface area contributed by atoms with Gasteiger partial charge in [-0.05, 0) is 50.2 Å². The molecule has 0 aliphatic carbocycles. The van der Waals surface area contributed by atoms with E-state index in [1.807, 2.05) is 13.8 Å². The van der Waals surface area contributed by atoms with Crippen LogP contribution in [-0.2, 0) is 6.42 Å². The molecule has 0 atom stereocenters. The van der Waals surface area contributed by atoms with Crippen molar-refractivity contribution >= 4 is 5.78 Å². The molecule has 2 nitrogen and oxygen atoms in total. The normalized spacial score (nSPS) is 10.7. The van der Waals surface area contributed by atoms with Crippen LogP contribution in [0.25, 0.3) is 0 Å². The molecule has 0 aromatic heterocycles. The number of Topliss-reactive ketones (excluding diaryl/α,β-unsaturated/α-hetero) is 1. The Morgan fingerprint density at radius 3 is 2.14 bits per heavy atom. The Kier molecular flexibility index (Phi) is 4.68. The van der Waals surface area contributed by atoms with Crippen LogP contribution in [0.3, 0.4) is 0 Å². The van der Waals surface area contributed by atoms with Crippen molar-refractivity contribution in [1.29, 1.82) is 0 Å². The number of ether oxygens (including phenoxy) is 1. The minimum absolute atomic E-state index is 0.0408. The van der Waals surface area contributed by atoms with Gasteiger partial charge >= 0.3 is 0 Å². The van der Waals surface area contributed by atoms with Crippen LogP contribution in [-0.4, -0.2) is 11.9 Å². The molecule has 0 spiro atoms. The molecule has 0 aliphatic heterocycles. The highest BCUT2D eigenvalue weighted by atomic mass is 19.1. The molecule has 2 aromatic carbocycles. The van der Waals surface area contributed by atoms with E-state index >= 15 is 0 Å². The van der Waals surface area contributed by atoms with Gasteiger partial charge in [0.15, 0.2) is 5.78 Å². The Morgan fingerprint density at radius 2 is 1.62 bits per heavy atom. The first-order valence-electron chi connectivity index (χ1n) is 6.70. The summed E-state index contributed by atoms with van der Waals surface area (Å²) >= 11 is 0. The summed E-state index contributed by atoms with van der Waals surface area (Å²) in [5.74, 6) is -1.10. The fourth-order valence-corrected chi connectivity index (χ4v) is 1.96. The van der Waals surface area contributed by atoms with Crippen molar-refractivity contribution in [3.05, 3.63) is 65.2 Å². The summed E-state index contributed by atoms with van der Waals surface area (Å²) < 4.78 is 32.5. The van der Waals surface area contributed by atoms with Gasteiger partial charge in [-0.2, -0.15) is 0 Å². The largest absolute Gasteiger partial charge is 0.491 e. The highest BCUT2D eigenvalue weighted by molar-refractivity contribution is 5.97. The van der Waals surface area contributed by atoms with Crippen LogP contribution in [0.1, 0.15) is 29.8 Å². The molecule has 0 amide bonds. The molecule has 2 aromatic rings. The van der Waals surface area contributed by atoms with Gasteiger partial charge in [0.1, 0.15) is 17.4 Å². The number of hydrogen-bond donors (Lipinski definition) is 0.